The Hall–Kier alpha value is -2.99. The molecule has 0 saturated heterocycles. The number of methoxy groups -OCH3 is 2. The highest BCUT2D eigenvalue weighted by Crippen LogP contribution is 2.50. The third kappa shape index (κ3) is 3.31. The second-order valence-electron chi connectivity index (χ2n) is 7.50. The van der Waals surface area contributed by atoms with Gasteiger partial charge < -0.3 is 14.5 Å². The fraction of sp³-hybridized carbons (Fsp3) is 0.250. The van der Waals surface area contributed by atoms with Gasteiger partial charge in [0.05, 0.1) is 24.8 Å². The van der Waals surface area contributed by atoms with Crippen molar-refractivity contribution in [1.29, 1.82) is 0 Å². The molecule has 0 radical (unpaired) electrons. The number of fused-ring (bicyclic) bond motifs is 3. The van der Waals surface area contributed by atoms with Crippen LogP contribution in [0.4, 0.5) is 0 Å². The standard InChI is InChI=1S/C24H23NO4S/c1-13(2)14-9-11-15(12-10-14)18-19-16-7-5-6-8-17(16)25-22(19)30-21(24(27)29-4)20(18)23(26)28-3/h5-13,18,25H,1-4H3. The van der Waals surface area contributed by atoms with Crippen molar-refractivity contribution in [2.45, 2.75) is 30.7 Å². The average Bonchev–Trinajstić information content (AvgIpc) is 3.15. The van der Waals surface area contributed by atoms with Crippen LogP contribution in [0.2, 0.25) is 0 Å². The summed E-state index contributed by atoms with van der Waals surface area (Å²) in [5.41, 5.74) is 4.37. The summed E-state index contributed by atoms with van der Waals surface area (Å²) in [4.78, 5) is 29.2. The molecule has 0 spiro atoms. The van der Waals surface area contributed by atoms with Crippen LogP contribution in [0.25, 0.3) is 10.9 Å². The third-order valence-electron chi connectivity index (χ3n) is 5.45. The molecule has 4 rings (SSSR count). The molecule has 0 bridgehead atoms. The molecule has 0 saturated carbocycles. The quantitative estimate of drug-likeness (QED) is 0.592. The van der Waals surface area contributed by atoms with Gasteiger partial charge in [-0.05, 0) is 23.1 Å². The third-order valence-corrected chi connectivity index (χ3v) is 6.57. The molecule has 5 nitrogen and oxygen atoms in total. The zero-order valence-electron chi connectivity index (χ0n) is 17.3. The minimum Gasteiger partial charge on any atom is -0.466 e. The van der Waals surface area contributed by atoms with Crippen LogP contribution < -0.4 is 0 Å². The zero-order valence-corrected chi connectivity index (χ0v) is 18.1. The zero-order chi connectivity index (χ0) is 21.4. The maximum Gasteiger partial charge on any atom is 0.345 e. The summed E-state index contributed by atoms with van der Waals surface area (Å²) < 4.78 is 10.1. The molecule has 1 unspecified atom stereocenters. The Morgan fingerprint density at radius 1 is 0.967 bits per heavy atom. The molecule has 1 N–H and O–H groups in total. The van der Waals surface area contributed by atoms with Gasteiger partial charge in [0.2, 0.25) is 0 Å². The van der Waals surface area contributed by atoms with Gasteiger partial charge in [0, 0.05) is 22.4 Å². The van der Waals surface area contributed by atoms with E-state index in [1.54, 1.807) is 0 Å². The number of hydrogen-bond donors (Lipinski definition) is 1. The van der Waals surface area contributed by atoms with Crippen LogP contribution in [0.5, 0.6) is 0 Å². The van der Waals surface area contributed by atoms with Crippen LogP contribution >= 0.6 is 11.8 Å². The first-order valence-electron chi connectivity index (χ1n) is 9.75. The van der Waals surface area contributed by atoms with Gasteiger partial charge in [0.1, 0.15) is 4.91 Å². The number of hydrogen-bond acceptors (Lipinski definition) is 5. The highest BCUT2D eigenvalue weighted by Gasteiger charge is 2.39. The number of H-pyrrole nitrogens is 1. The maximum absolute atomic E-state index is 12.9. The Kier molecular flexibility index (Phi) is 5.43. The number of rotatable bonds is 4. The molecule has 154 valence electrons. The van der Waals surface area contributed by atoms with Gasteiger partial charge in [-0.3, -0.25) is 0 Å². The number of carbonyl (C=O) groups is 2. The number of benzene rings is 2. The van der Waals surface area contributed by atoms with Crippen LogP contribution in [0.3, 0.4) is 0 Å². The van der Waals surface area contributed by atoms with Gasteiger partial charge in [-0.15, -0.1) is 0 Å². The Balaban J connectivity index is 2.01. The van der Waals surface area contributed by atoms with Crippen molar-refractivity contribution in [3.8, 4) is 0 Å². The van der Waals surface area contributed by atoms with Crippen molar-refractivity contribution in [3.63, 3.8) is 0 Å². The number of ether oxygens (including phenoxy) is 2. The molecular weight excluding hydrogens is 398 g/mol. The van der Waals surface area contributed by atoms with Gasteiger partial charge in [-0.1, -0.05) is 68.1 Å². The topological polar surface area (TPSA) is 68.4 Å². The van der Waals surface area contributed by atoms with Gasteiger partial charge >= 0.3 is 11.9 Å². The summed E-state index contributed by atoms with van der Waals surface area (Å²) in [5.74, 6) is -1.13. The fourth-order valence-electron chi connectivity index (χ4n) is 3.91. The molecule has 1 atom stereocenters. The fourth-order valence-corrected chi connectivity index (χ4v) is 5.09. The molecule has 30 heavy (non-hydrogen) atoms. The van der Waals surface area contributed by atoms with Gasteiger partial charge in [-0.25, -0.2) is 9.59 Å². The normalized spacial score (nSPS) is 16.0. The predicted molar refractivity (Wildman–Crippen MR) is 118 cm³/mol. The van der Waals surface area contributed by atoms with Crippen molar-refractivity contribution in [2.75, 3.05) is 14.2 Å². The number of aromatic nitrogens is 1. The summed E-state index contributed by atoms with van der Waals surface area (Å²) in [6, 6.07) is 16.1. The van der Waals surface area contributed by atoms with Crippen molar-refractivity contribution in [3.05, 3.63) is 75.7 Å². The van der Waals surface area contributed by atoms with Crippen molar-refractivity contribution >= 4 is 34.6 Å². The molecule has 0 fully saturated rings. The Labute approximate surface area is 179 Å². The van der Waals surface area contributed by atoms with Gasteiger partial charge in [0.15, 0.2) is 0 Å². The van der Waals surface area contributed by atoms with Crippen LogP contribution in [-0.2, 0) is 19.1 Å². The van der Waals surface area contributed by atoms with E-state index in [2.05, 4.69) is 31.0 Å². The molecule has 0 amide bonds. The number of esters is 2. The highest BCUT2D eigenvalue weighted by molar-refractivity contribution is 8.04. The van der Waals surface area contributed by atoms with E-state index in [-0.39, 0.29) is 4.91 Å². The Bertz CT molecular complexity index is 1160. The number of aromatic amines is 1. The summed E-state index contributed by atoms with van der Waals surface area (Å²) in [7, 11) is 2.65. The lowest BCUT2D eigenvalue weighted by Crippen LogP contribution is -2.22. The monoisotopic (exact) mass is 421 g/mol. The second kappa shape index (κ2) is 8.03. The lowest BCUT2D eigenvalue weighted by Gasteiger charge is -2.27. The molecule has 0 aliphatic carbocycles. The minimum absolute atomic E-state index is 0.251. The molecule has 2 aromatic carbocycles. The van der Waals surface area contributed by atoms with E-state index in [1.807, 2.05) is 36.4 Å². The van der Waals surface area contributed by atoms with Gasteiger partial charge in [0.25, 0.3) is 0 Å². The molecule has 6 heteroatoms. The molecular formula is C24H23NO4S. The van der Waals surface area contributed by atoms with Crippen LogP contribution in [0.15, 0.2) is 64.0 Å². The molecule has 1 aromatic heterocycles. The highest BCUT2D eigenvalue weighted by atomic mass is 32.2. The molecule has 2 heterocycles. The maximum atomic E-state index is 12.9. The number of nitrogens with one attached hydrogen (secondary N) is 1. The average molecular weight is 422 g/mol. The predicted octanol–water partition coefficient (Wildman–Crippen LogP) is 5.13. The van der Waals surface area contributed by atoms with E-state index in [9.17, 15) is 9.59 Å². The number of thioether (sulfide) groups is 1. The lowest BCUT2D eigenvalue weighted by molar-refractivity contribution is -0.139. The summed E-state index contributed by atoms with van der Waals surface area (Å²) in [6.45, 7) is 4.28. The smallest absolute Gasteiger partial charge is 0.345 e. The lowest BCUT2D eigenvalue weighted by atomic mass is 9.83. The number of carbonyl (C=O) groups excluding carboxylic acids is 2. The van der Waals surface area contributed by atoms with E-state index >= 15 is 0 Å². The summed E-state index contributed by atoms with van der Waals surface area (Å²) in [6.07, 6.45) is 0. The van der Waals surface area contributed by atoms with E-state index in [0.717, 1.165) is 27.1 Å². The molecule has 1 aliphatic rings. The van der Waals surface area contributed by atoms with Gasteiger partial charge in [-0.2, -0.15) is 0 Å². The van der Waals surface area contributed by atoms with Crippen LogP contribution in [0.1, 0.15) is 42.4 Å². The first-order chi connectivity index (χ1) is 14.5. The minimum atomic E-state index is -0.548. The van der Waals surface area contributed by atoms with E-state index in [4.69, 9.17) is 9.47 Å². The Morgan fingerprint density at radius 3 is 2.27 bits per heavy atom. The first-order valence-corrected chi connectivity index (χ1v) is 10.6. The Morgan fingerprint density at radius 2 is 1.63 bits per heavy atom. The first kappa shape index (κ1) is 20.3. The molecule has 3 aromatic rings. The summed E-state index contributed by atoms with van der Waals surface area (Å²) in [5, 5.41) is 1.85. The van der Waals surface area contributed by atoms with Crippen LogP contribution in [0, 0.1) is 0 Å². The van der Waals surface area contributed by atoms with Crippen molar-refractivity contribution < 1.29 is 19.1 Å². The summed E-state index contributed by atoms with van der Waals surface area (Å²) >= 11 is 1.22. The number of para-hydroxylation sites is 1. The van der Waals surface area contributed by atoms with E-state index in [1.165, 1.54) is 31.5 Å². The van der Waals surface area contributed by atoms with Crippen LogP contribution in [-0.4, -0.2) is 31.1 Å². The molecule has 1 aliphatic heterocycles. The van der Waals surface area contributed by atoms with E-state index in [0.29, 0.717) is 11.5 Å². The SMILES string of the molecule is COC(=O)C1=C(C(=O)OC)C(c2ccc(C(C)C)cc2)c2c([nH]c3ccccc23)S1. The second-order valence-corrected chi connectivity index (χ2v) is 8.52. The van der Waals surface area contributed by atoms with Crippen molar-refractivity contribution in [2.24, 2.45) is 0 Å². The van der Waals surface area contributed by atoms with Crippen molar-refractivity contribution in [1.82, 2.24) is 4.98 Å². The van der Waals surface area contributed by atoms with E-state index < -0.39 is 17.9 Å². The largest absolute Gasteiger partial charge is 0.466 e.